The van der Waals surface area contributed by atoms with Gasteiger partial charge >= 0.3 is 5.97 Å². The molecule has 0 aliphatic carbocycles. The SMILES string of the molecule is C[C@]1(C(=O)O)[C@@H]2C=C[C@@]3(O2)[C@H]1C(=O)N1CCc2c([nH]c4ccccc24)[C@@H]13. The minimum Gasteiger partial charge on any atom is -0.481 e. The smallest absolute Gasteiger partial charge is 0.313 e. The van der Waals surface area contributed by atoms with Crippen LogP contribution in [0, 0.1) is 11.3 Å². The Bertz CT molecular complexity index is 1040. The fourth-order valence-corrected chi connectivity index (χ4v) is 5.78. The third kappa shape index (κ3) is 1.31. The van der Waals surface area contributed by atoms with Crippen molar-refractivity contribution in [2.45, 2.75) is 31.1 Å². The summed E-state index contributed by atoms with van der Waals surface area (Å²) < 4.78 is 6.28. The number of carboxylic acid groups (broad SMARTS) is 1. The molecule has 2 fully saturated rings. The molecule has 1 aromatic heterocycles. The normalized spacial score (nSPS) is 39.3. The van der Waals surface area contributed by atoms with Gasteiger partial charge in [-0.15, -0.1) is 0 Å². The number of hydrogen-bond acceptors (Lipinski definition) is 3. The van der Waals surface area contributed by atoms with Crippen molar-refractivity contribution in [3.05, 3.63) is 47.7 Å². The van der Waals surface area contributed by atoms with Crippen LogP contribution in [0.4, 0.5) is 0 Å². The molecule has 4 aliphatic heterocycles. The predicted molar refractivity (Wildman–Crippen MR) is 92.4 cm³/mol. The molecule has 0 saturated carbocycles. The molecular formula is C20H18N2O4. The van der Waals surface area contributed by atoms with E-state index in [1.807, 2.05) is 35.3 Å². The molecule has 2 aromatic rings. The standard InChI is InChI=1S/C20H18N2O4/c1-19(18(24)25)13-6-8-20(26-13)15(19)17(23)22-9-7-11-10-4-2-3-5-12(10)21-14(11)16(20)22/h2-6,8,13,15-16,21H,7,9H2,1H3,(H,24,25)/t13-,15-,16+,19-,20+/m0/s1. The van der Waals surface area contributed by atoms with Gasteiger partial charge in [-0.3, -0.25) is 9.59 Å². The van der Waals surface area contributed by atoms with E-state index in [0.717, 1.165) is 17.6 Å². The lowest BCUT2D eigenvalue weighted by atomic mass is 9.65. The third-order valence-electron chi connectivity index (χ3n) is 6.96. The Morgan fingerprint density at radius 1 is 1.38 bits per heavy atom. The van der Waals surface area contributed by atoms with Crippen molar-refractivity contribution >= 4 is 22.8 Å². The number of ether oxygens (including phenoxy) is 1. The van der Waals surface area contributed by atoms with Gasteiger partial charge in [0.05, 0.1) is 12.0 Å². The van der Waals surface area contributed by atoms with E-state index in [4.69, 9.17) is 4.74 Å². The van der Waals surface area contributed by atoms with Gasteiger partial charge in [-0.05, 0) is 25.0 Å². The van der Waals surface area contributed by atoms with E-state index in [-0.39, 0.29) is 11.9 Å². The molecule has 2 saturated heterocycles. The van der Waals surface area contributed by atoms with Gasteiger partial charge < -0.3 is 19.7 Å². The zero-order valence-corrected chi connectivity index (χ0v) is 14.2. The molecule has 1 amide bonds. The van der Waals surface area contributed by atoms with Crippen LogP contribution in [-0.2, 0) is 20.7 Å². The zero-order chi connectivity index (χ0) is 17.8. The second-order valence-electron chi connectivity index (χ2n) is 8.02. The molecule has 0 unspecified atom stereocenters. The molecule has 26 heavy (non-hydrogen) atoms. The Balaban J connectivity index is 1.61. The van der Waals surface area contributed by atoms with E-state index < -0.39 is 29.0 Å². The number of nitrogens with one attached hydrogen (secondary N) is 1. The van der Waals surface area contributed by atoms with Crippen molar-refractivity contribution in [2.75, 3.05) is 6.54 Å². The number of aromatic nitrogens is 1. The quantitative estimate of drug-likeness (QED) is 0.771. The summed E-state index contributed by atoms with van der Waals surface area (Å²) in [6, 6.07) is 7.84. The number of benzene rings is 1. The number of nitrogens with zero attached hydrogens (tertiary/aromatic N) is 1. The number of amides is 1. The van der Waals surface area contributed by atoms with Crippen LogP contribution in [0.1, 0.15) is 24.2 Å². The van der Waals surface area contributed by atoms with E-state index >= 15 is 0 Å². The molecule has 1 aromatic carbocycles. The first-order valence-electron chi connectivity index (χ1n) is 8.99. The van der Waals surface area contributed by atoms with Crippen LogP contribution in [0.3, 0.4) is 0 Å². The molecule has 132 valence electrons. The number of hydrogen-bond donors (Lipinski definition) is 2. The van der Waals surface area contributed by atoms with Crippen LogP contribution in [0.15, 0.2) is 36.4 Å². The van der Waals surface area contributed by atoms with Gasteiger partial charge in [0.15, 0.2) is 0 Å². The largest absolute Gasteiger partial charge is 0.481 e. The van der Waals surface area contributed by atoms with Crippen molar-refractivity contribution < 1.29 is 19.4 Å². The summed E-state index contributed by atoms with van der Waals surface area (Å²) in [5.41, 5.74) is 1.13. The fraction of sp³-hybridized carbons (Fsp3) is 0.400. The number of aliphatic carboxylic acids is 1. The van der Waals surface area contributed by atoms with Gasteiger partial charge in [-0.25, -0.2) is 0 Å². The highest BCUT2D eigenvalue weighted by Gasteiger charge is 2.77. The minimum atomic E-state index is -1.23. The van der Waals surface area contributed by atoms with Crippen molar-refractivity contribution in [1.29, 1.82) is 0 Å². The van der Waals surface area contributed by atoms with Crippen LogP contribution in [-0.4, -0.2) is 45.1 Å². The average molecular weight is 350 g/mol. The third-order valence-corrected chi connectivity index (χ3v) is 6.96. The average Bonchev–Trinajstić information content (AvgIpc) is 3.33. The van der Waals surface area contributed by atoms with Gasteiger partial charge in [-0.1, -0.05) is 30.4 Å². The monoisotopic (exact) mass is 350 g/mol. The maximum absolute atomic E-state index is 13.3. The molecule has 1 spiro atoms. The van der Waals surface area contributed by atoms with Crippen LogP contribution in [0.2, 0.25) is 0 Å². The molecule has 6 heteroatoms. The number of para-hydroxylation sites is 1. The van der Waals surface area contributed by atoms with Crippen molar-refractivity contribution in [3.63, 3.8) is 0 Å². The molecule has 2 bridgehead atoms. The second-order valence-corrected chi connectivity index (χ2v) is 8.02. The lowest BCUT2D eigenvalue weighted by Crippen LogP contribution is -2.47. The summed E-state index contributed by atoms with van der Waals surface area (Å²) in [4.78, 5) is 30.7. The number of fused-ring (bicyclic) bond motifs is 6. The summed E-state index contributed by atoms with van der Waals surface area (Å²) in [6.07, 6.45) is 3.97. The summed E-state index contributed by atoms with van der Waals surface area (Å²) in [5, 5.41) is 11.1. The van der Waals surface area contributed by atoms with Gasteiger partial charge in [0.25, 0.3) is 0 Å². The summed E-state index contributed by atoms with van der Waals surface area (Å²) >= 11 is 0. The first-order chi connectivity index (χ1) is 12.5. The highest BCUT2D eigenvalue weighted by Crippen LogP contribution is 2.65. The highest BCUT2D eigenvalue weighted by atomic mass is 16.5. The van der Waals surface area contributed by atoms with E-state index in [1.165, 1.54) is 10.9 Å². The minimum absolute atomic E-state index is 0.101. The van der Waals surface area contributed by atoms with E-state index in [1.54, 1.807) is 6.92 Å². The number of carbonyl (C=O) groups is 2. The Labute approximate surface area is 149 Å². The number of carboxylic acids is 1. The van der Waals surface area contributed by atoms with Gasteiger partial charge in [0, 0.05) is 23.1 Å². The van der Waals surface area contributed by atoms with Crippen molar-refractivity contribution in [1.82, 2.24) is 9.88 Å². The Morgan fingerprint density at radius 3 is 3.00 bits per heavy atom. The molecule has 2 N–H and O–H groups in total. The fourth-order valence-electron chi connectivity index (χ4n) is 5.78. The number of H-pyrrole nitrogens is 1. The molecular weight excluding hydrogens is 332 g/mol. The van der Waals surface area contributed by atoms with Crippen LogP contribution >= 0.6 is 0 Å². The lowest BCUT2D eigenvalue weighted by Gasteiger charge is -2.36. The molecule has 4 aliphatic rings. The Morgan fingerprint density at radius 2 is 2.19 bits per heavy atom. The van der Waals surface area contributed by atoms with Crippen LogP contribution in [0.5, 0.6) is 0 Å². The maximum Gasteiger partial charge on any atom is 0.313 e. The van der Waals surface area contributed by atoms with E-state index in [0.29, 0.717) is 6.54 Å². The first-order valence-corrected chi connectivity index (χ1v) is 8.99. The highest BCUT2D eigenvalue weighted by molar-refractivity contribution is 5.95. The number of rotatable bonds is 1. The Kier molecular flexibility index (Phi) is 2.35. The first kappa shape index (κ1) is 14.6. The number of carbonyl (C=O) groups excluding carboxylic acids is 1. The molecule has 0 radical (unpaired) electrons. The number of aromatic amines is 1. The zero-order valence-electron chi connectivity index (χ0n) is 14.2. The molecule has 5 atom stereocenters. The van der Waals surface area contributed by atoms with Crippen molar-refractivity contribution in [2.24, 2.45) is 11.3 Å². The molecule has 6 rings (SSSR count). The van der Waals surface area contributed by atoms with Crippen molar-refractivity contribution in [3.8, 4) is 0 Å². The predicted octanol–water partition coefficient (Wildman–Crippen LogP) is 2.02. The van der Waals surface area contributed by atoms with Crippen LogP contribution in [0.25, 0.3) is 10.9 Å². The topological polar surface area (TPSA) is 82.6 Å². The summed E-state index contributed by atoms with van der Waals surface area (Å²) in [6.45, 7) is 2.24. The van der Waals surface area contributed by atoms with Gasteiger partial charge in [0.2, 0.25) is 5.91 Å². The summed E-state index contributed by atoms with van der Waals surface area (Å²) in [5.74, 6) is -1.76. The van der Waals surface area contributed by atoms with E-state index in [2.05, 4.69) is 11.1 Å². The molecule has 6 nitrogen and oxygen atoms in total. The lowest BCUT2D eigenvalue weighted by molar-refractivity contribution is -0.156. The summed E-state index contributed by atoms with van der Waals surface area (Å²) in [7, 11) is 0. The van der Waals surface area contributed by atoms with Gasteiger partial charge in [-0.2, -0.15) is 0 Å². The molecule has 5 heterocycles. The Hall–Kier alpha value is -2.60. The second kappa shape index (κ2) is 4.20. The van der Waals surface area contributed by atoms with Crippen LogP contribution < -0.4 is 0 Å². The van der Waals surface area contributed by atoms with Gasteiger partial charge in [0.1, 0.15) is 17.1 Å². The van der Waals surface area contributed by atoms with E-state index in [9.17, 15) is 14.7 Å². The maximum atomic E-state index is 13.3.